The lowest BCUT2D eigenvalue weighted by Crippen LogP contribution is -2.20. The quantitative estimate of drug-likeness (QED) is 0.641. The zero-order valence-electron chi connectivity index (χ0n) is 10.9. The topological polar surface area (TPSA) is 80.4 Å². The van der Waals surface area contributed by atoms with Crippen molar-refractivity contribution >= 4 is 27.6 Å². The lowest BCUT2D eigenvalue weighted by atomic mass is 9.79. The number of nitrogens with zero attached hydrogens (tertiary/aromatic N) is 1. The molecule has 7 heteroatoms. The van der Waals surface area contributed by atoms with Gasteiger partial charge in [-0.1, -0.05) is 13.8 Å². The van der Waals surface area contributed by atoms with Crippen molar-refractivity contribution < 1.29 is 19.2 Å². The molecule has 0 amide bonds. The van der Waals surface area contributed by atoms with Crippen molar-refractivity contribution in [3.63, 3.8) is 0 Å². The van der Waals surface area contributed by atoms with Crippen LogP contribution in [-0.4, -0.2) is 16.0 Å². The van der Waals surface area contributed by atoms with Gasteiger partial charge in [0.2, 0.25) is 0 Å². The summed E-state index contributed by atoms with van der Waals surface area (Å²) in [6.07, 6.45) is 1.45. The van der Waals surface area contributed by atoms with E-state index in [4.69, 9.17) is 5.11 Å². The second-order valence-electron chi connectivity index (χ2n) is 4.87. The van der Waals surface area contributed by atoms with E-state index in [1.54, 1.807) is 13.8 Å². The van der Waals surface area contributed by atoms with Gasteiger partial charge in [-0.05, 0) is 45.5 Å². The van der Waals surface area contributed by atoms with Crippen LogP contribution in [0.1, 0.15) is 36.2 Å². The third kappa shape index (κ3) is 3.86. The van der Waals surface area contributed by atoms with E-state index in [9.17, 15) is 19.3 Å². The van der Waals surface area contributed by atoms with Crippen molar-refractivity contribution in [2.75, 3.05) is 0 Å². The Morgan fingerprint density at radius 1 is 1.55 bits per heavy atom. The molecule has 0 aromatic heterocycles. The minimum absolute atomic E-state index is 0.0241. The standard InChI is InChI=1S/C13H13BrFNO4/c1-13(2,6-5-11(14)15)10-7-8(16(19)20)3-4-9(10)12(17)18/h3-5,7H,6H2,1-2H3,(H,17,18)/b11-5-. The highest BCUT2D eigenvalue weighted by atomic mass is 79.9. The van der Waals surface area contributed by atoms with E-state index in [0.717, 1.165) is 6.07 Å². The minimum Gasteiger partial charge on any atom is -0.478 e. The van der Waals surface area contributed by atoms with Gasteiger partial charge in [0.05, 0.1) is 10.5 Å². The van der Waals surface area contributed by atoms with Crippen LogP contribution in [0.3, 0.4) is 0 Å². The van der Waals surface area contributed by atoms with Crippen molar-refractivity contribution in [3.05, 3.63) is 50.3 Å². The molecule has 0 aliphatic heterocycles. The van der Waals surface area contributed by atoms with Crippen molar-refractivity contribution in [1.29, 1.82) is 0 Å². The number of hydrogen-bond acceptors (Lipinski definition) is 3. The summed E-state index contributed by atoms with van der Waals surface area (Å²) in [6, 6.07) is 3.57. The zero-order valence-corrected chi connectivity index (χ0v) is 12.5. The number of hydrogen-bond donors (Lipinski definition) is 1. The first-order chi connectivity index (χ1) is 9.15. The van der Waals surface area contributed by atoms with E-state index in [0.29, 0.717) is 5.56 Å². The van der Waals surface area contributed by atoms with Crippen molar-refractivity contribution in [2.24, 2.45) is 0 Å². The number of aromatic carboxylic acids is 1. The van der Waals surface area contributed by atoms with Gasteiger partial charge in [0.25, 0.3) is 5.69 Å². The van der Waals surface area contributed by atoms with E-state index in [-0.39, 0.29) is 17.7 Å². The number of allylic oxidation sites excluding steroid dienone is 1. The fourth-order valence-corrected chi connectivity index (χ4v) is 2.00. The number of non-ortho nitro benzene ring substituents is 1. The van der Waals surface area contributed by atoms with Crippen LogP contribution in [0.4, 0.5) is 10.1 Å². The van der Waals surface area contributed by atoms with Crippen molar-refractivity contribution in [3.8, 4) is 0 Å². The molecule has 1 aromatic carbocycles. The first-order valence-electron chi connectivity index (χ1n) is 5.68. The van der Waals surface area contributed by atoms with Crippen LogP contribution < -0.4 is 0 Å². The molecule has 0 unspecified atom stereocenters. The van der Waals surface area contributed by atoms with E-state index >= 15 is 0 Å². The number of nitro groups is 1. The number of rotatable bonds is 5. The molecule has 0 atom stereocenters. The van der Waals surface area contributed by atoms with E-state index in [1.165, 1.54) is 18.2 Å². The van der Waals surface area contributed by atoms with Crippen molar-refractivity contribution in [2.45, 2.75) is 25.7 Å². The minimum atomic E-state index is -1.17. The highest BCUT2D eigenvalue weighted by molar-refractivity contribution is 9.11. The van der Waals surface area contributed by atoms with Gasteiger partial charge in [-0.3, -0.25) is 10.1 Å². The van der Waals surface area contributed by atoms with Gasteiger partial charge < -0.3 is 5.11 Å². The number of benzene rings is 1. The van der Waals surface area contributed by atoms with E-state index in [1.807, 2.05) is 0 Å². The monoisotopic (exact) mass is 345 g/mol. The maximum absolute atomic E-state index is 12.8. The Kier molecular flexibility index (Phi) is 4.99. The van der Waals surface area contributed by atoms with Crippen molar-refractivity contribution in [1.82, 2.24) is 0 Å². The van der Waals surface area contributed by atoms with Crippen LogP contribution in [0.2, 0.25) is 0 Å². The Morgan fingerprint density at radius 2 is 2.15 bits per heavy atom. The molecule has 0 aliphatic carbocycles. The third-order valence-electron chi connectivity index (χ3n) is 2.94. The summed E-state index contributed by atoms with van der Waals surface area (Å²) in [4.78, 5) is 21.4. The van der Waals surface area contributed by atoms with Gasteiger partial charge in [0.15, 0.2) is 4.74 Å². The second kappa shape index (κ2) is 6.13. The molecule has 0 saturated heterocycles. The molecule has 1 rings (SSSR count). The van der Waals surface area contributed by atoms with Crippen LogP contribution in [0.15, 0.2) is 29.0 Å². The van der Waals surface area contributed by atoms with Gasteiger partial charge in [0.1, 0.15) is 0 Å². The predicted octanol–water partition coefficient (Wildman–Crippen LogP) is 4.17. The zero-order chi connectivity index (χ0) is 15.5. The second-order valence-corrected chi connectivity index (χ2v) is 5.63. The third-order valence-corrected chi connectivity index (χ3v) is 3.26. The van der Waals surface area contributed by atoms with Gasteiger partial charge in [-0.15, -0.1) is 0 Å². The molecule has 0 radical (unpaired) electrons. The molecule has 1 aromatic rings. The Morgan fingerprint density at radius 3 is 2.60 bits per heavy atom. The molecule has 0 fully saturated rings. The Hall–Kier alpha value is -1.76. The molecule has 108 valence electrons. The number of nitro benzene ring substituents is 1. The summed E-state index contributed by atoms with van der Waals surface area (Å²) in [5, 5.41) is 20.0. The van der Waals surface area contributed by atoms with Gasteiger partial charge in [0, 0.05) is 12.1 Å². The molecule has 1 N–H and O–H groups in total. The summed E-state index contributed by atoms with van der Waals surface area (Å²) in [7, 11) is 0. The number of carboxylic acids is 1. The van der Waals surface area contributed by atoms with Crippen LogP contribution in [0, 0.1) is 10.1 Å². The maximum atomic E-state index is 12.8. The first kappa shape index (κ1) is 16.3. The van der Waals surface area contributed by atoms with Gasteiger partial charge >= 0.3 is 5.97 Å². The number of halogens is 2. The number of carbonyl (C=O) groups is 1. The maximum Gasteiger partial charge on any atom is 0.335 e. The summed E-state index contributed by atoms with van der Waals surface area (Å²) in [6.45, 7) is 3.40. The average molecular weight is 346 g/mol. The molecule has 0 bridgehead atoms. The predicted molar refractivity (Wildman–Crippen MR) is 75.8 cm³/mol. The Bertz CT molecular complexity index is 580. The summed E-state index contributed by atoms with van der Waals surface area (Å²) in [5.41, 5.74) is -0.681. The van der Waals surface area contributed by atoms with Gasteiger partial charge in [-0.2, -0.15) is 4.39 Å². The van der Waals surface area contributed by atoms with Crippen LogP contribution >= 0.6 is 15.9 Å². The van der Waals surface area contributed by atoms with Crippen LogP contribution in [0.25, 0.3) is 0 Å². The van der Waals surface area contributed by atoms with Gasteiger partial charge in [-0.25, -0.2) is 4.79 Å². The lowest BCUT2D eigenvalue weighted by Gasteiger charge is -2.25. The SMILES string of the molecule is CC(C)(C/C=C(\F)Br)c1cc([N+](=O)[O-])ccc1C(=O)O. The summed E-state index contributed by atoms with van der Waals surface area (Å²) in [5.74, 6) is -1.17. The molecule has 5 nitrogen and oxygen atoms in total. The molecule has 0 spiro atoms. The molecule has 20 heavy (non-hydrogen) atoms. The highest BCUT2D eigenvalue weighted by Crippen LogP contribution is 2.33. The Labute approximate surface area is 123 Å². The molecule has 0 heterocycles. The van der Waals surface area contributed by atoms with E-state index < -0.39 is 21.0 Å². The molecular formula is C13H13BrFNO4. The number of carboxylic acid groups (broad SMARTS) is 1. The fraction of sp³-hybridized carbons (Fsp3) is 0.308. The van der Waals surface area contributed by atoms with Crippen LogP contribution in [-0.2, 0) is 5.41 Å². The summed E-state index contributed by atoms with van der Waals surface area (Å²) >= 11 is 2.65. The van der Waals surface area contributed by atoms with E-state index in [2.05, 4.69) is 15.9 Å². The summed E-state index contributed by atoms with van der Waals surface area (Å²) < 4.78 is 12.2. The molecule has 0 aliphatic rings. The largest absolute Gasteiger partial charge is 0.478 e. The normalized spacial score (nSPS) is 12.3. The lowest BCUT2D eigenvalue weighted by molar-refractivity contribution is -0.385. The first-order valence-corrected chi connectivity index (χ1v) is 6.48. The molecular weight excluding hydrogens is 333 g/mol. The average Bonchev–Trinajstić information content (AvgIpc) is 2.35. The fourth-order valence-electron chi connectivity index (χ4n) is 1.83. The van der Waals surface area contributed by atoms with Crippen LogP contribution in [0.5, 0.6) is 0 Å². The Balaban J connectivity index is 3.38. The molecule has 0 saturated carbocycles. The highest BCUT2D eigenvalue weighted by Gasteiger charge is 2.27. The smallest absolute Gasteiger partial charge is 0.335 e.